The van der Waals surface area contributed by atoms with Gasteiger partial charge in [0.05, 0.1) is 39.2 Å². The maximum Gasteiger partial charge on any atom is 0.435 e. The van der Waals surface area contributed by atoms with E-state index >= 15 is 8.78 Å². The SMILES string of the molecule is C[C@@H]1c2c(C(F)(F)F)nn(CC(=O)N[C@@H](Cc3cc(F)cc(F)c3)c3nc(C#CC(C)(C)S(=O)(=O)C4CC4)ccc3-c3ccc(Cl)c4c(NS(C)(=O)=O)nn(C)c34)c2C(F)(F)[C@@H]1C. The van der Waals surface area contributed by atoms with E-state index in [9.17, 15) is 43.6 Å². The van der Waals surface area contributed by atoms with Gasteiger partial charge in [0.2, 0.25) is 15.9 Å². The summed E-state index contributed by atoms with van der Waals surface area (Å²) >= 11 is 6.60. The number of benzene rings is 2. The van der Waals surface area contributed by atoms with Crippen molar-refractivity contribution in [1.82, 2.24) is 29.9 Å². The minimum absolute atomic E-state index is 0.0468. The lowest BCUT2D eigenvalue weighted by Gasteiger charge is -2.23. The lowest BCUT2D eigenvalue weighted by Crippen LogP contribution is -2.35. The lowest BCUT2D eigenvalue weighted by atomic mass is 9.93. The second kappa shape index (κ2) is 15.8. The van der Waals surface area contributed by atoms with Crippen LogP contribution in [0.4, 0.5) is 36.6 Å². The van der Waals surface area contributed by atoms with Gasteiger partial charge in [-0.2, -0.15) is 32.1 Å². The molecule has 0 aliphatic heterocycles. The molecule has 1 amide bonds. The number of nitrogens with one attached hydrogen (secondary N) is 2. The average Bonchev–Trinajstić information content (AvgIpc) is 3.84. The highest BCUT2D eigenvalue weighted by Gasteiger charge is 2.57. The molecule has 0 radical (unpaired) electrons. The molecule has 0 unspecified atom stereocenters. The summed E-state index contributed by atoms with van der Waals surface area (Å²) in [6, 6.07) is 6.89. The number of sulfonamides is 1. The Morgan fingerprint density at radius 2 is 1.63 bits per heavy atom. The highest BCUT2D eigenvalue weighted by Crippen LogP contribution is 2.55. The highest BCUT2D eigenvalue weighted by molar-refractivity contribution is 7.93. The first kappa shape index (κ1) is 45.8. The molecule has 2 aromatic carbocycles. The van der Waals surface area contributed by atoms with E-state index in [0.717, 1.165) is 25.3 Å². The quantitative estimate of drug-likeness (QED) is 0.100. The minimum atomic E-state index is -5.15. The van der Waals surface area contributed by atoms with Crippen LogP contribution in [0.3, 0.4) is 0 Å². The maximum absolute atomic E-state index is 15.7. The number of amides is 1. The number of pyridine rings is 1. The van der Waals surface area contributed by atoms with E-state index in [1.165, 1.54) is 56.8 Å². The molecule has 0 spiro atoms. The summed E-state index contributed by atoms with van der Waals surface area (Å²) in [7, 11) is -6.12. The lowest BCUT2D eigenvalue weighted by molar-refractivity contribution is -0.143. The monoisotopic (exact) mass is 941 g/mol. The third-order valence-electron chi connectivity index (χ3n) is 11.3. The molecule has 2 aliphatic rings. The van der Waals surface area contributed by atoms with E-state index in [-0.39, 0.29) is 49.8 Å². The predicted molar refractivity (Wildman–Crippen MR) is 220 cm³/mol. The average molecular weight is 942 g/mol. The summed E-state index contributed by atoms with van der Waals surface area (Å²) < 4.78 is 157. The zero-order valence-corrected chi connectivity index (χ0v) is 36.7. The Labute approximate surface area is 362 Å². The molecule has 22 heteroatoms. The van der Waals surface area contributed by atoms with Gasteiger partial charge in [-0.05, 0) is 80.8 Å². The van der Waals surface area contributed by atoms with Crippen LogP contribution >= 0.6 is 11.6 Å². The number of sulfone groups is 1. The fourth-order valence-electron chi connectivity index (χ4n) is 7.88. The van der Waals surface area contributed by atoms with Gasteiger partial charge >= 0.3 is 6.18 Å². The first-order chi connectivity index (χ1) is 29.1. The number of carbonyl (C=O) groups excluding carboxylic acids is 1. The topological polar surface area (TPSA) is 158 Å². The van der Waals surface area contributed by atoms with Crippen molar-refractivity contribution in [2.24, 2.45) is 13.0 Å². The molecule has 1 saturated carbocycles. The van der Waals surface area contributed by atoms with Crippen LogP contribution in [0.25, 0.3) is 22.0 Å². The molecule has 3 heterocycles. The van der Waals surface area contributed by atoms with Gasteiger partial charge in [-0.1, -0.05) is 37.4 Å². The van der Waals surface area contributed by atoms with Crippen molar-refractivity contribution < 1.29 is 52.4 Å². The zero-order valence-electron chi connectivity index (χ0n) is 34.3. The van der Waals surface area contributed by atoms with Gasteiger partial charge in [0.1, 0.15) is 34.3 Å². The van der Waals surface area contributed by atoms with Crippen LogP contribution in [0.15, 0.2) is 42.5 Å². The van der Waals surface area contributed by atoms with Crippen molar-refractivity contribution in [3.8, 4) is 23.0 Å². The third kappa shape index (κ3) is 8.73. The summed E-state index contributed by atoms with van der Waals surface area (Å²) in [6.07, 6.45) is -3.75. The van der Waals surface area contributed by atoms with Crippen molar-refractivity contribution in [3.63, 3.8) is 0 Å². The van der Waals surface area contributed by atoms with Crippen LogP contribution < -0.4 is 10.0 Å². The number of hydrogen-bond donors (Lipinski definition) is 2. The fraction of sp³-hybridized carbons (Fsp3) is 0.415. The van der Waals surface area contributed by atoms with Crippen LogP contribution in [0.2, 0.25) is 5.02 Å². The van der Waals surface area contributed by atoms with Crippen LogP contribution in [0.5, 0.6) is 0 Å². The molecule has 336 valence electrons. The van der Waals surface area contributed by atoms with Crippen LogP contribution in [0, 0.1) is 29.4 Å². The number of aryl methyl sites for hydroxylation is 1. The van der Waals surface area contributed by atoms with Gasteiger partial charge in [0.25, 0.3) is 5.92 Å². The first-order valence-corrected chi connectivity index (χ1v) is 23.1. The van der Waals surface area contributed by atoms with Gasteiger partial charge < -0.3 is 5.32 Å². The normalized spacial score (nSPS) is 18.2. The summed E-state index contributed by atoms with van der Waals surface area (Å²) in [4.78, 5) is 18.8. The van der Waals surface area contributed by atoms with Crippen molar-refractivity contribution >= 4 is 54.1 Å². The van der Waals surface area contributed by atoms with Gasteiger partial charge in [-0.3, -0.25) is 18.9 Å². The Bertz CT molecular complexity index is 2970. The van der Waals surface area contributed by atoms with E-state index in [4.69, 9.17) is 16.6 Å². The Balaban J connectivity index is 1.42. The summed E-state index contributed by atoms with van der Waals surface area (Å²) in [5.41, 5.74) is -2.92. The maximum atomic E-state index is 15.7. The Kier molecular flexibility index (Phi) is 11.5. The van der Waals surface area contributed by atoms with Crippen LogP contribution in [-0.4, -0.2) is 63.5 Å². The van der Waals surface area contributed by atoms with E-state index in [0.29, 0.717) is 23.6 Å². The summed E-state index contributed by atoms with van der Waals surface area (Å²) in [5.74, 6) is -4.43. The van der Waals surface area contributed by atoms with Gasteiger partial charge in [-0.15, -0.1) is 0 Å². The minimum Gasteiger partial charge on any atom is -0.346 e. The molecule has 12 nitrogen and oxygen atoms in total. The van der Waals surface area contributed by atoms with Crippen molar-refractivity contribution in [3.05, 3.63) is 93.0 Å². The third-order valence-corrected chi connectivity index (χ3v) is 15.0. The smallest absolute Gasteiger partial charge is 0.346 e. The Hall–Kier alpha value is -5.20. The number of anilines is 1. The van der Waals surface area contributed by atoms with Crippen LogP contribution in [-0.2, 0) is 56.8 Å². The number of halogens is 8. The number of nitrogens with zero attached hydrogens (tertiary/aromatic N) is 5. The van der Waals surface area contributed by atoms with Crippen molar-refractivity contribution in [1.29, 1.82) is 0 Å². The molecule has 0 bridgehead atoms. The highest BCUT2D eigenvalue weighted by atomic mass is 35.5. The first-order valence-electron chi connectivity index (χ1n) is 19.3. The van der Waals surface area contributed by atoms with E-state index in [2.05, 4.69) is 32.1 Å². The molecule has 3 aromatic heterocycles. The molecule has 63 heavy (non-hydrogen) atoms. The number of carbonyl (C=O) groups is 1. The van der Waals surface area contributed by atoms with E-state index in [1.807, 2.05) is 0 Å². The molecule has 7 rings (SSSR count). The number of fused-ring (bicyclic) bond motifs is 2. The fourth-order valence-corrected chi connectivity index (χ4v) is 10.4. The zero-order chi connectivity index (χ0) is 46.4. The summed E-state index contributed by atoms with van der Waals surface area (Å²) in [5, 5.41) is 9.99. The molecule has 0 saturated heterocycles. The molecule has 2 aliphatic carbocycles. The Morgan fingerprint density at radius 3 is 2.24 bits per heavy atom. The van der Waals surface area contributed by atoms with E-state index < -0.39 is 107 Å². The molecule has 2 N–H and O–H groups in total. The molecular formula is C41H39ClF7N7O5S2. The molecule has 3 atom stereocenters. The van der Waals surface area contributed by atoms with Gasteiger partial charge in [0, 0.05) is 35.7 Å². The summed E-state index contributed by atoms with van der Waals surface area (Å²) in [6.45, 7) is 4.01. The van der Waals surface area contributed by atoms with Crippen molar-refractivity contribution in [2.45, 2.75) is 87.6 Å². The largest absolute Gasteiger partial charge is 0.435 e. The second-order valence-electron chi connectivity index (χ2n) is 16.4. The number of rotatable bonds is 11. The second-order valence-corrected chi connectivity index (χ2v) is 21.3. The standard InChI is InChI=1S/C41H39ClF7N7O5S2/c1-20-21(2)40(45,46)37-32(20)36(41(47,48)49)52-56(37)19-31(57)51-30(17-22-15-23(43)18-24(44)16-22)34-27(10-7-25(50-34)13-14-39(3,4)63(60,61)26-8-9-26)28-11-12-29(42)33-35(28)55(5)53-38(33)54-62(6,58)59/h7,10-12,15-16,18,20-21,26,30H,8-9,17,19H2,1-6H3,(H,51,57)(H,53,54)/t20-,21+,30-/m0/s1. The van der Waals surface area contributed by atoms with Gasteiger partial charge in [0.15, 0.2) is 21.3 Å². The van der Waals surface area contributed by atoms with Crippen molar-refractivity contribution in [2.75, 3.05) is 11.0 Å². The van der Waals surface area contributed by atoms with E-state index in [1.54, 1.807) is 0 Å². The number of alkyl halides is 5. The van der Waals surface area contributed by atoms with Gasteiger partial charge in [-0.25, -0.2) is 30.6 Å². The predicted octanol–water partition coefficient (Wildman–Crippen LogP) is 7.81. The number of aromatic nitrogens is 5. The number of hydrogen-bond acceptors (Lipinski definition) is 8. The Morgan fingerprint density at radius 1 is 1.00 bits per heavy atom. The molecular weight excluding hydrogens is 903 g/mol. The molecule has 1 fully saturated rings. The molecule has 5 aromatic rings. The van der Waals surface area contributed by atoms with Crippen LogP contribution in [0.1, 0.15) is 86.4 Å².